The number of esters is 1. The molecule has 2 aliphatic rings. The molecule has 0 aromatic heterocycles. The molecule has 1 aromatic rings. The van der Waals surface area contributed by atoms with Crippen LogP contribution in [-0.2, 0) is 14.3 Å². The van der Waals surface area contributed by atoms with Crippen LogP contribution < -0.4 is 10.6 Å². The minimum absolute atomic E-state index is 0.181. The van der Waals surface area contributed by atoms with E-state index in [1.54, 1.807) is 24.3 Å². The minimum Gasteiger partial charge on any atom is -0.431 e. The molecule has 2 N–H and O–H groups in total. The summed E-state index contributed by atoms with van der Waals surface area (Å²) in [4.78, 5) is 25.8. The zero-order valence-corrected chi connectivity index (χ0v) is 13.0. The van der Waals surface area contributed by atoms with Gasteiger partial charge >= 0.3 is 12.0 Å². The van der Waals surface area contributed by atoms with Crippen LogP contribution >= 0.6 is 11.6 Å². The highest BCUT2D eigenvalue weighted by molar-refractivity contribution is 6.33. The van der Waals surface area contributed by atoms with Crippen LogP contribution in [0.15, 0.2) is 41.1 Å². The summed E-state index contributed by atoms with van der Waals surface area (Å²) in [5.41, 5.74) is 0.919. The number of halogens is 1. The number of amides is 2. The fraction of sp³-hybridized carbons (Fsp3) is 0.333. The van der Waals surface area contributed by atoms with Crippen LogP contribution in [0.4, 0.5) is 10.5 Å². The van der Waals surface area contributed by atoms with E-state index >= 15 is 0 Å². The van der Waals surface area contributed by atoms with E-state index in [1.165, 1.54) is 0 Å². The summed E-state index contributed by atoms with van der Waals surface area (Å²) in [5.74, 6) is -0.540. The largest absolute Gasteiger partial charge is 0.431 e. The first kappa shape index (κ1) is 15.6. The number of anilines is 1. The van der Waals surface area contributed by atoms with E-state index in [0.29, 0.717) is 37.7 Å². The number of hydrogen-bond acceptors (Lipinski definition) is 5. The molecule has 8 heteroatoms. The number of cyclic esters (lactones) is 1. The lowest BCUT2D eigenvalue weighted by atomic mass is 10.3. The lowest BCUT2D eigenvalue weighted by Crippen LogP contribution is -2.38. The Hall–Kier alpha value is -2.25. The third kappa shape index (κ3) is 3.57. The van der Waals surface area contributed by atoms with Crippen LogP contribution in [0, 0.1) is 0 Å². The highest BCUT2D eigenvalue weighted by Crippen LogP contribution is 2.28. The van der Waals surface area contributed by atoms with Gasteiger partial charge in [-0.15, -0.1) is 0 Å². The smallest absolute Gasteiger partial charge is 0.358 e. The maximum atomic E-state index is 12.0. The van der Waals surface area contributed by atoms with Gasteiger partial charge in [-0.05, 0) is 12.1 Å². The highest BCUT2D eigenvalue weighted by Gasteiger charge is 2.37. The Morgan fingerprint density at radius 2 is 1.91 bits per heavy atom. The molecule has 3 rings (SSSR count). The first-order valence-electron chi connectivity index (χ1n) is 7.21. The Bertz CT molecular complexity index is 629. The Morgan fingerprint density at radius 1 is 1.22 bits per heavy atom. The van der Waals surface area contributed by atoms with Gasteiger partial charge in [-0.25, -0.2) is 9.59 Å². The van der Waals surface area contributed by atoms with Crippen LogP contribution in [0.2, 0.25) is 0 Å². The van der Waals surface area contributed by atoms with Crippen molar-refractivity contribution in [3.8, 4) is 0 Å². The SMILES string of the molecule is O=C(Nc1ccccc1)N[C@H]1OC(=O)C(N2CCOCC2)=C1Cl. The van der Waals surface area contributed by atoms with Crippen molar-refractivity contribution in [2.24, 2.45) is 0 Å². The van der Waals surface area contributed by atoms with Gasteiger partial charge in [0.2, 0.25) is 6.23 Å². The van der Waals surface area contributed by atoms with E-state index in [-0.39, 0.29) is 5.03 Å². The molecule has 1 aromatic carbocycles. The third-order valence-electron chi connectivity index (χ3n) is 3.50. The quantitative estimate of drug-likeness (QED) is 0.817. The first-order valence-corrected chi connectivity index (χ1v) is 7.59. The van der Waals surface area contributed by atoms with Gasteiger partial charge in [-0.2, -0.15) is 0 Å². The van der Waals surface area contributed by atoms with Crippen molar-refractivity contribution in [3.05, 3.63) is 41.1 Å². The fourth-order valence-corrected chi connectivity index (χ4v) is 2.70. The summed E-state index contributed by atoms with van der Waals surface area (Å²) in [6, 6.07) is 8.43. The van der Waals surface area contributed by atoms with Gasteiger partial charge in [0.15, 0.2) is 0 Å². The number of rotatable bonds is 3. The number of urea groups is 1. The molecule has 1 saturated heterocycles. The van der Waals surface area contributed by atoms with Crippen molar-refractivity contribution in [3.63, 3.8) is 0 Å². The monoisotopic (exact) mass is 337 g/mol. The molecule has 0 spiro atoms. The van der Waals surface area contributed by atoms with Crippen molar-refractivity contribution in [2.75, 3.05) is 31.6 Å². The van der Waals surface area contributed by atoms with Gasteiger partial charge in [0.25, 0.3) is 0 Å². The minimum atomic E-state index is -0.981. The Kier molecular flexibility index (Phi) is 4.68. The van der Waals surface area contributed by atoms with Crippen LogP contribution in [-0.4, -0.2) is 49.4 Å². The average Bonchev–Trinajstić information content (AvgIpc) is 2.83. The number of carbonyl (C=O) groups excluding carboxylic acids is 2. The summed E-state index contributed by atoms with van der Waals surface area (Å²) >= 11 is 6.23. The number of hydrogen-bond donors (Lipinski definition) is 2. The van der Waals surface area contributed by atoms with Gasteiger partial charge in [-0.3, -0.25) is 5.32 Å². The molecule has 23 heavy (non-hydrogen) atoms. The summed E-state index contributed by atoms with van der Waals surface area (Å²) in [5, 5.41) is 5.36. The van der Waals surface area contributed by atoms with Crippen molar-refractivity contribution < 1.29 is 19.1 Å². The molecule has 122 valence electrons. The number of nitrogens with zero attached hydrogens (tertiary/aromatic N) is 1. The van der Waals surface area contributed by atoms with E-state index < -0.39 is 18.2 Å². The Morgan fingerprint density at radius 3 is 2.61 bits per heavy atom. The molecule has 2 amide bonds. The number of carbonyl (C=O) groups is 2. The molecule has 0 aliphatic carbocycles. The molecular formula is C15H16ClN3O4. The second-order valence-electron chi connectivity index (χ2n) is 5.05. The van der Waals surface area contributed by atoms with Gasteiger partial charge in [0.05, 0.1) is 13.2 Å². The summed E-state index contributed by atoms with van der Waals surface area (Å²) in [6.45, 7) is 2.16. The molecule has 0 bridgehead atoms. The standard InChI is InChI=1S/C15H16ClN3O4/c16-11-12(19-6-8-22-9-7-19)14(20)23-13(11)18-15(21)17-10-4-2-1-3-5-10/h1-5,13H,6-9H2,(H2,17,18,21)/t13-/m0/s1. The average molecular weight is 338 g/mol. The third-order valence-corrected chi connectivity index (χ3v) is 3.87. The molecule has 2 heterocycles. The second kappa shape index (κ2) is 6.89. The topological polar surface area (TPSA) is 79.9 Å². The Balaban J connectivity index is 1.65. The predicted molar refractivity (Wildman–Crippen MR) is 83.7 cm³/mol. The maximum Gasteiger partial charge on any atom is 0.358 e. The summed E-state index contributed by atoms with van der Waals surface area (Å²) in [6.07, 6.45) is -0.981. The van der Waals surface area contributed by atoms with E-state index in [4.69, 9.17) is 21.1 Å². The van der Waals surface area contributed by atoms with Crippen molar-refractivity contribution in [2.45, 2.75) is 6.23 Å². The van der Waals surface area contributed by atoms with Gasteiger partial charge in [0.1, 0.15) is 10.7 Å². The number of nitrogens with one attached hydrogen (secondary N) is 2. The normalized spacial score (nSPS) is 21.2. The number of morpholine rings is 1. The van der Waals surface area contributed by atoms with E-state index in [9.17, 15) is 9.59 Å². The molecular weight excluding hydrogens is 322 g/mol. The molecule has 0 saturated carbocycles. The predicted octanol–water partition coefficient (Wildman–Crippen LogP) is 1.47. The highest BCUT2D eigenvalue weighted by atomic mass is 35.5. The lowest BCUT2D eigenvalue weighted by Gasteiger charge is -2.28. The molecule has 1 fully saturated rings. The van der Waals surface area contributed by atoms with E-state index in [1.807, 2.05) is 11.0 Å². The fourth-order valence-electron chi connectivity index (χ4n) is 2.40. The number of ether oxygens (including phenoxy) is 2. The van der Waals surface area contributed by atoms with E-state index in [2.05, 4.69) is 10.6 Å². The number of para-hydroxylation sites is 1. The van der Waals surface area contributed by atoms with Crippen molar-refractivity contribution >= 4 is 29.3 Å². The van der Waals surface area contributed by atoms with Crippen molar-refractivity contribution in [1.82, 2.24) is 10.2 Å². The van der Waals surface area contributed by atoms with Crippen LogP contribution in [0.3, 0.4) is 0 Å². The van der Waals surface area contributed by atoms with Gasteiger partial charge < -0.3 is 19.7 Å². The van der Waals surface area contributed by atoms with Crippen LogP contribution in [0.25, 0.3) is 0 Å². The second-order valence-corrected chi connectivity index (χ2v) is 5.45. The molecule has 1 atom stereocenters. The van der Waals surface area contributed by atoms with Crippen molar-refractivity contribution in [1.29, 1.82) is 0 Å². The summed E-state index contributed by atoms with van der Waals surface area (Å²) in [7, 11) is 0. The molecule has 0 unspecified atom stereocenters. The molecule has 7 nitrogen and oxygen atoms in total. The Labute approximate surface area is 138 Å². The molecule has 0 radical (unpaired) electrons. The molecule has 2 aliphatic heterocycles. The first-order chi connectivity index (χ1) is 11.1. The van der Waals surface area contributed by atoms with Gasteiger partial charge in [0, 0.05) is 18.8 Å². The van der Waals surface area contributed by atoms with Crippen LogP contribution in [0.1, 0.15) is 0 Å². The maximum absolute atomic E-state index is 12.0. The zero-order valence-electron chi connectivity index (χ0n) is 12.3. The zero-order chi connectivity index (χ0) is 16.2. The van der Waals surface area contributed by atoms with Crippen LogP contribution in [0.5, 0.6) is 0 Å². The summed E-state index contributed by atoms with van der Waals surface area (Å²) < 4.78 is 10.4. The van der Waals surface area contributed by atoms with Gasteiger partial charge in [-0.1, -0.05) is 29.8 Å². The lowest BCUT2D eigenvalue weighted by molar-refractivity contribution is -0.142. The number of benzene rings is 1. The van der Waals surface area contributed by atoms with E-state index in [0.717, 1.165) is 0 Å².